The van der Waals surface area contributed by atoms with Crippen molar-refractivity contribution in [3.05, 3.63) is 50.7 Å². The minimum absolute atomic E-state index is 0.158. The maximum atomic E-state index is 13.1. The lowest BCUT2D eigenvalue weighted by atomic mass is 9.99. The summed E-state index contributed by atoms with van der Waals surface area (Å²) in [4.78, 5) is 31.9. The number of benzene rings is 1. The number of nitrogens with one attached hydrogen (secondary N) is 2. The standard InChI is InChI=1S/C27H36ClN7O2S/c1-6-19-18(5)16(3)12-20(28)25(19)33-26(37)21-14-29-27(38-21)32-23-13-24(31-22(7-2)30-23)35-9-8-34(10-11-36)15-17(35)4/h12-14,17,36H,6-11,15H2,1-5H3,(H,33,37)(H,29,30,31,32)/i12D. The van der Waals surface area contributed by atoms with Gasteiger partial charge in [0.25, 0.3) is 5.91 Å². The minimum Gasteiger partial charge on any atom is -0.395 e. The van der Waals surface area contributed by atoms with E-state index < -0.39 is 0 Å². The van der Waals surface area contributed by atoms with Gasteiger partial charge in [-0.15, -0.1) is 0 Å². The number of rotatable bonds is 9. The molecule has 1 fully saturated rings. The van der Waals surface area contributed by atoms with Crippen LogP contribution in [0.2, 0.25) is 5.02 Å². The lowest BCUT2D eigenvalue weighted by molar-refractivity contribution is 0.103. The summed E-state index contributed by atoms with van der Waals surface area (Å²) in [5.41, 5.74) is 3.19. The van der Waals surface area contributed by atoms with Gasteiger partial charge in [-0.25, -0.2) is 15.0 Å². The second-order valence-electron chi connectivity index (χ2n) is 9.45. The number of anilines is 4. The Morgan fingerprint density at radius 2 is 2.08 bits per heavy atom. The number of hydrogen-bond acceptors (Lipinski definition) is 9. The smallest absolute Gasteiger partial charge is 0.267 e. The monoisotopic (exact) mass is 558 g/mol. The zero-order chi connectivity index (χ0) is 28.3. The summed E-state index contributed by atoms with van der Waals surface area (Å²) < 4.78 is 8.31. The molecule has 9 nitrogen and oxygen atoms in total. The van der Waals surface area contributed by atoms with Gasteiger partial charge in [-0.1, -0.05) is 36.8 Å². The first kappa shape index (κ1) is 26.8. The van der Waals surface area contributed by atoms with Crippen molar-refractivity contribution in [3.63, 3.8) is 0 Å². The topological polar surface area (TPSA) is 107 Å². The van der Waals surface area contributed by atoms with E-state index in [-0.39, 0.29) is 29.6 Å². The number of aliphatic hydroxyl groups excluding tert-OH is 1. The fourth-order valence-electron chi connectivity index (χ4n) is 4.73. The molecule has 0 radical (unpaired) electrons. The van der Waals surface area contributed by atoms with E-state index in [1.807, 2.05) is 33.8 Å². The number of halogens is 1. The molecule has 1 aromatic carbocycles. The summed E-state index contributed by atoms with van der Waals surface area (Å²) in [5, 5.41) is 16.2. The molecule has 4 rings (SSSR count). The Bertz CT molecular complexity index is 1350. The van der Waals surface area contributed by atoms with Gasteiger partial charge < -0.3 is 20.6 Å². The van der Waals surface area contributed by atoms with Crippen LogP contribution in [0.25, 0.3) is 0 Å². The van der Waals surface area contributed by atoms with Gasteiger partial charge in [-0.2, -0.15) is 0 Å². The first-order valence-corrected chi connectivity index (χ1v) is 14.2. The van der Waals surface area contributed by atoms with E-state index in [0.717, 1.165) is 48.0 Å². The molecule has 1 unspecified atom stereocenters. The first-order valence-electron chi connectivity index (χ1n) is 13.5. The highest BCUT2D eigenvalue weighted by Gasteiger charge is 2.25. The number of nitrogens with zero attached hydrogens (tertiary/aromatic N) is 5. The number of carbonyl (C=O) groups is 1. The summed E-state index contributed by atoms with van der Waals surface area (Å²) in [6.07, 6.45) is 2.89. The van der Waals surface area contributed by atoms with Crippen LogP contribution in [0.1, 0.15) is 54.3 Å². The van der Waals surface area contributed by atoms with Crippen LogP contribution < -0.4 is 15.5 Å². The van der Waals surface area contributed by atoms with Crippen LogP contribution in [0.5, 0.6) is 0 Å². The Morgan fingerprint density at radius 1 is 1.29 bits per heavy atom. The van der Waals surface area contributed by atoms with Gasteiger partial charge in [-0.3, -0.25) is 9.69 Å². The van der Waals surface area contributed by atoms with Crippen LogP contribution in [0.15, 0.2) is 18.3 Å². The van der Waals surface area contributed by atoms with E-state index in [9.17, 15) is 9.90 Å². The number of β-amino-alcohol motifs (C(OH)–C–C–N with tert-alkyl or cyclic N) is 1. The highest BCUT2D eigenvalue weighted by molar-refractivity contribution is 7.17. The van der Waals surface area contributed by atoms with Gasteiger partial charge in [0.2, 0.25) is 0 Å². The van der Waals surface area contributed by atoms with Crippen molar-refractivity contribution in [2.75, 3.05) is 48.3 Å². The molecule has 1 amide bonds. The van der Waals surface area contributed by atoms with Crippen molar-refractivity contribution >= 4 is 51.3 Å². The third kappa shape index (κ3) is 6.26. The Balaban J connectivity index is 1.52. The van der Waals surface area contributed by atoms with E-state index in [2.05, 4.69) is 37.3 Å². The molecule has 1 aliphatic heterocycles. The van der Waals surface area contributed by atoms with Crippen molar-refractivity contribution in [1.29, 1.82) is 0 Å². The number of piperazine rings is 1. The minimum atomic E-state index is -0.327. The summed E-state index contributed by atoms with van der Waals surface area (Å²) in [7, 11) is 0. The van der Waals surface area contributed by atoms with E-state index in [1.165, 1.54) is 17.5 Å². The van der Waals surface area contributed by atoms with E-state index in [1.54, 1.807) is 0 Å². The number of aryl methyl sites for hydroxylation is 1. The third-order valence-corrected chi connectivity index (χ3v) is 8.08. The number of thiazole rings is 1. The average Bonchev–Trinajstić information content (AvgIpc) is 3.39. The lowest BCUT2D eigenvalue weighted by Gasteiger charge is -2.40. The first-order chi connectivity index (χ1) is 18.7. The molecule has 1 saturated heterocycles. The maximum absolute atomic E-state index is 13.1. The Labute approximate surface area is 234 Å². The van der Waals surface area contributed by atoms with E-state index >= 15 is 0 Å². The van der Waals surface area contributed by atoms with Crippen LogP contribution >= 0.6 is 22.9 Å². The van der Waals surface area contributed by atoms with Crippen LogP contribution in [-0.2, 0) is 12.8 Å². The Kier molecular flexibility index (Phi) is 8.73. The summed E-state index contributed by atoms with van der Waals surface area (Å²) in [5.74, 6) is 1.86. The molecule has 0 aliphatic carbocycles. The maximum Gasteiger partial charge on any atom is 0.267 e. The highest BCUT2D eigenvalue weighted by atomic mass is 35.5. The largest absolute Gasteiger partial charge is 0.395 e. The Morgan fingerprint density at radius 3 is 2.76 bits per heavy atom. The van der Waals surface area contributed by atoms with E-state index in [0.29, 0.717) is 40.9 Å². The van der Waals surface area contributed by atoms with Gasteiger partial charge >= 0.3 is 0 Å². The number of hydrogen-bond donors (Lipinski definition) is 3. The van der Waals surface area contributed by atoms with Crippen molar-refractivity contribution in [2.24, 2.45) is 0 Å². The van der Waals surface area contributed by atoms with Crippen LogP contribution in [0.3, 0.4) is 0 Å². The van der Waals surface area contributed by atoms with Crippen molar-refractivity contribution in [2.45, 2.75) is 53.5 Å². The predicted molar refractivity (Wildman–Crippen MR) is 155 cm³/mol. The van der Waals surface area contributed by atoms with Gasteiger partial charge in [0.05, 0.1) is 24.9 Å². The number of amides is 1. The van der Waals surface area contributed by atoms with E-state index in [4.69, 9.17) is 18.0 Å². The van der Waals surface area contributed by atoms with Crippen molar-refractivity contribution < 1.29 is 11.3 Å². The summed E-state index contributed by atoms with van der Waals surface area (Å²) in [6, 6.07) is 2.38. The molecular weight excluding hydrogens is 522 g/mol. The van der Waals surface area contributed by atoms with Crippen LogP contribution in [-0.4, -0.2) is 69.7 Å². The molecule has 11 heteroatoms. The molecule has 3 N–H and O–H groups in total. The molecule has 204 valence electrons. The zero-order valence-corrected chi connectivity index (χ0v) is 24.1. The van der Waals surface area contributed by atoms with Gasteiger partial charge in [-0.05, 0) is 49.9 Å². The molecule has 38 heavy (non-hydrogen) atoms. The summed E-state index contributed by atoms with van der Waals surface area (Å²) in [6.45, 7) is 13.3. The highest BCUT2D eigenvalue weighted by Crippen LogP contribution is 2.33. The second-order valence-corrected chi connectivity index (χ2v) is 10.9. The third-order valence-electron chi connectivity index (χ3n) is 6.89. The molecule has 1 aliphatic rings. The molecule has 0 bridgehead atoms. The van der Waals surface area contributed by atoms with Crippen molar-refractivity contribution in [1.82, 2.24) is 19.9 Å². The molecule has 0 saturated carbocycles. The van der Waals surface area contributed by atoms with Gasteiger partial charge in [0.1, 0.15) is 22.3 Å². The number of aliphatic hydroxyl groups is 1. The lowest BCUT2D eigenvalue weighted by Crippen LogP contribution is -2.52. The molecular formula is C27H36ClN7O2S. The SMILES string of the molecule is [2H]c1c(C)c(C)c(CC)c(NC(=O)c2cnc(Nc3cc(N4CCN(CCO)CC4C)nc(CC)n3)s2)c1Cl. The molecule has 2 aromatic heterocycles. The van der Waals surface area contributed by atoms with Crippen molar-refractivity contribution in [3.8, 4) is 0 Å². The van der Waals surface area contributed by atoms with Crippen LogP contribution in [0.4, 0.5) is 22.5 Å². The average molecular weight is 559 g/mol. The normalized spacial score (nSPS) is 16.4. The fourth-order valence-corrected chi connectivity index (χ4v) is 5.75. The zero-order valence-electron chi connectivity index (χ0n) is 23.6. The predicted octanol–water partition coefficient (Wildman–Crippen LogP) is 4.83. The van der Waals surface area contributed by atoms with Gasteiger partial charge in [0, 0.05) is 44.7 Å². The Hall–Kier alpha value is -2.79. The molecule has 3 heterocycles. The molecule has 3 aromatic rings. The quantitative estimate of drug-likeness (QED) is 0.343. The fraction of sp³-hybridized carbons (Fsp3) is 0.481. The van der Waals surface area contributed by atoms with Crippen LogP contribution in [0, 0.1) is 13.8 Å². The second kappa shape index (κ2) is 12.4. The summed E-state index contributed by atoms with van der Waals surface area (Å²) >= 11 is 7.70. The van der Waals surface area contributed by atoms with Gasteiger partial charge in [0.15, 0.2) is 5.13 Å². The molecule has 0 spiro atoms. The number of aromatic nitrogens is 3. The number of carbonyl (C=O) groups excluding carboxylic acids is 1. The molecule has 1 atom stereocenters.